The van der Waals surface area contributed by atoms with E-state index in [2.05, 4.69) is 61.5 Å². The third kappa shape index (κ3) is 16.2. The standard InChI is InChI=1S/C18H20N2.C9H14.2C2H6/c1-6-17(14(4)9-13(2)3)10-15(5)18-11-16(12-19)7-8-20-18;1-5-7-9(6-2)8(3)4;2*1-2/h6-11H,2H2,1,3-5H3;5-7H,3H2,1-2,4H3;2*1-2H3/b14-9-,15-10+,17-6-;7-5-,9-6+;;. The molecule has 180 valence electrons. The van der Waals surface area contributed by atoms with Crippen LogP contribution in [0.25, 0.3) is 5.57 Å². The predicted molar refractivity (Wildman–Crippen MR) is 151 cm³/mol. The highest BCUT2D eigenvalue weighted by molar-refractivity contribution is 5.66. The fraction of sp³-hybridized carbons (Fsp3) is 0.355. The van der Waals surface area contributed by atoms with Gasteiger partial charge in [-0.1, -0.05) is 82.4 Å². The van der Waals surface area contributed by atoms with E-state index in [9.17, 15) is 0 Å². The molecule has 1 aromatic rings. The minimum absolute atomic E-state index is 0.624. The summed E-state index contributed by atoms with van der Waals surface area (Å²) >= 11 is 0. The van der Waals surface area contributed by atoms with Crippen molar-refractivity contribution in [2.75, 3.05) is 0 Å². The highest BCUT2D eigenvalue weighted by atomic mass is 14.7. The van der Waals surface area contributed by atoms with Gasteiger partial charge < -0.3 is 0 Å². The van der Waals surface area contributed by atoms with E-state index in [1.54, 1.807) is 18.3 Å². The van der Waals surface area contributed by atoms with Gasteiger partial charge in [0, 0.05) is 6.20 Å². The second-order valence-corrected chi connectivity index (χ2v) is 6.81. The molecule has 0 fully saturated rings. The Kier molecular flexibility index (Phi) is 23.0. The molecule has 1 rings (SSSR count). The predicted octanol–water partition coefficient (Wildman–Crippen LogP) is 9.96. The Balaban J connectivity index is -0.000000581. The molecule has 0 aliphatic rings. The molecule has 1 heterocycles. The van der Waals surface area contributed by atoms with Gasteiger partial charge in [-0.05, 0) is 89.0 Å². The average molecular weight is 447 g/mol. The first-order chi connectivity index (χ1) is 15.7. The number of pyridine rings is 1. The number of allylic oxidation sites excluding steroid dienone is 12. The van der Waals surface area contributed by atoms with Crippen LogP contribution in [0.1, 0.15) is 87.4 Å². The first-order valence-electron chi connectivity index (χ1n) is 11.7. The summed E-state index contributed by atoms with van der Waals surface area (Å²) in [5.41, 5.74) is 8.14. The highest BCUT2D eigenvalue weighted by Crippen LogP contribution is 2.20. The maximum atomic E-state index is 8.93. The first kappa shape index (κ1) is 34.4. The maximum absolute atomic E-state index is 8.93. The van der Waals surface area contributed by atoms with Crippen LogP contribution < -0.4 is 0 Å². The number of rotatable bonds is 6. The molecular weight excluding hydrogens is 400 g/mol. The van der Waals surface area contributed by atoms with Gasteiger partial charge in [-0.25, -0.2) is 0 Å². The van der Waals surface area contributed by atoms with Gasteiger partial charge in [-0.15, -0.1) is 0 Å². The number of hydrogen-bond acceptors (Lipinski definition) is 2. The van der Waals surface area contributed by atoms with E-state index in [1.807, 2.05) is 75.3 Å². The van der Waals surface area contributed by atoms with Crippen molar-refractivity contribution in [1.82, 2.24) is 4.98 Å². The second kappa shape index (κ2) is 22.0. The third-order valence-corrected chi connectivity index (χ3v) is 4.04. The van der Waals surface area contributed by atoms with Crippen LogP contribution in [0.15, 0.2) is 95.8 Å². The molecule has 0 amide bonds. The summed E-state index contributed by atoms with van der Waals surface area (Å²) in [5, 5.41) is 8.93. The molecule has 2 nitrogen and oxygen atoms in total. The number of aromatic nitrogens is 1. The van der Waals surface area contributed by atoms with Gasteiger partial charge in [0.1, 0.15) is 0 Å². The lowest BCUT2D eigenvalue weighted by Gasteiger charge is -2.06. The molecule has 1 aromatic heterocycles. The number of hydrogen-bond donors (Lipinski definition) is 0. The van der Waals surface area contributed by atoms with E-state index in [4.69, 9.17) is 5.26 Å². The van der Waals surface area contributed by atoms with E-state index in [1.165, 1.54) is 5.57 Å². The minimum atomic E-state index is 0.624. The van der Waals surface area contributed by atoms with Crippen molar-refractivity contribution in [3.05, 3.63) is 107 Å². The normalized spacial score (nSPS) is 11.7. The summed E-state index contributed by atoms with van der Waals surface area (Å²) in [6, 6.07) is 5.64. The van der Waals surface area contributed by atoms with Gasteiger partial charge in [0.25, 0.3) is 0 Å². The Morgan fingerprint density at radius 3 is 1.82 bits per heavy atom. The maximum Gasteiger partial charge on any atom is 0.0992 e. The third-order valence-electron chi connectivity index (χ3n) is 4.04. The molecule has 0 aromatic carbocycles. The fourth-order valence-electron chi connectivity index (χ4n) is 2.57. The molecule has 0 aliphatic carbocycles. The summed E-state index contributed by atoms with van der Waals surface area (Å²) < 4.78 is 0. The lowest BCUT2D eigenvalue weighted by molar-refractivity contribution is 1.25. The van der Waals surface area contributed by atoms with Crippen molar-refractivity contribution in [3.8, 4) is 6.07 Å². The molecule has 0 N–H and O–H groups in total. The topological polar surface area (TPSA) is 36.7 Å². The van der Waals surface area contributed by atoms with Crippen molar-refractivity contribution in [2.45, 2.75) is 76.2 Å². The first-order valence-corrected chi connectivity index (χ1v) is 11.7. The van der Waals surface area contributed by atoms with Gasteiger partial charge in [-0.2, -0.15) is 5.26 Å². The van der Waals surface area contributed by atoms with E-state index in [0.717, 1.165) is 33.6 Å². The minimum Gasteiger partial charge on any atom is -0.257 e. The highest BCUT2D eigenvalue weighted by Gasteiger charge is 2.02. The molecule has 2 heteroatoms. The van der Waals surface area contributed by atoms with Crippen LogP contribution in [0.5, 0.6) is 0 Å². The lowest BCUT2D eigenvalue weighted by atomic mass is 10.0. The van der Waals surface area contributed by atoms with Gasteiger partial charge >= 0.3 is 0 Å². The summed E-state index contributed by atoms with van der Waals surface area (Å²) in [5.74, 6) is 0. The number of nitrogens with zero attached hydrogens (tertiary/aromatic N) is 2. The Hall–Kier alpha value is -3.18. The summed E-state index contributed by atoms with van der Waals surface area (Å²) in [6.45, 7) is 29.8. The van der Waals surface area contributed by atoms with Gasteiger partial charge in [0.15, 0.2) is 0 Å². The average Bonchev–Trinajstić information content (AvgIpc) is 2.83. The Morgan fingerprint density at radius 1 is 0.909 bits per heavy atom. The van der Waals surface area contributed by atoms with Crippen LogP contribution in [-0.4, -0.2) is 4.98 Å². The molecule has 0 saturated heterocycles. The zero-order valence-corrected chi connectivity index (χ0v) is 23.0. The quantitative estimate of drug-likeness (QED) is 0.407. The Bertz CT molecular complexity index is 910. The van der Waals surface area contributed by atoms with Crippen LogP contribution in [-0.2, 0) is 0 Å². The molecule has 0 saturated carbocycles. The van der Waals surface area contributed by atoms with E-state index >= 15 is 0 Å². The second-order valence-electron chi connectivity index (χ2n) is 6.81. The molecule has 0 atom stereocenters. The van der Waals surface area contributed by atoms with Gasteiger partial charge in [0.05, 0.1) is 17.3 Å². The summed E-state index contributed by atoms with van der Waals surface area (Å²) in [7, 11) is 0. The van der Waals surface area contributed by atoms with Crippen LogP contribution >= 0.6 is 0 Å². The smallest absolute Gasteiger partial charge is 0.0992 e. The monoisotopic (exact) mass is 446 g/mol. The molecule has 0 radical (unpaired) electrons. The molecule has 0 bridgehead atoms. The van der Waals surface area contributed by atoms with E-state index in [0.29, 0.717) is 5.56 Å². The van der Waals surface area contributed by atoms with Crippen LogP contribution in [0.4, 0.5) is 0 Å². The molecule has 0 unspecified atom stereocenters. The fourth-order valence-corrected chi connectivity index (χ4v) is 2.57. The lowest BCUT2D eigenvalue weighted by Crippen LogP contribution is -1.89. The number of nitriles is 1. The van der Waals surface area contributed by atoms with Crippen molar-refractivity contribution < 1.29 is 0 Å². The zero-order chi connectivity index (χ0) is 26.4. The van der Waals surface area contributed by atoms with E-state index < -0.39 is 0 Å². The van der Waals surface area contributed by atoms with Crippen molar-refractivity contribution in [2.24, 2.45) is 0 Å². The molecular formula is C31H46N2. The Morgan fingerprint density at radius 2 is 1.45 bits per heavy atom. The molecule has 33 heavy (non-hydrogen) atoms. The van der Waals surface area contributed by atoms with Crippen molar-refractivity contribution in [1.29, 1.82) is 5.26 Å². The summed E-state index contributed by atoms with van der Waals surface area (Å²) in [6.07, 6.45) is 14.0. The van der Waals surface area contributed by atoms with Crippen LogP contribution in [0, 0.1) is 11.3 Å². The van der Waals surface area contributed by atoms with Crippen molar-refractivity contribution >= 4 is 5.57 Å². The molecule has 0 spiro atoms. The van der Waals surface area contributed by atoms with E-state index in [-0.39, 0.29) is 0 Å². The zero-order valence-electron chi connectivity index (χ0n) is 23.0. The molecule has 0 aliphatic heterocycles. The largest absolute Gasteiger partial charge is 0.257 e. The van der Waals surface area contributed by atoms with Gasteiger partial charge in [-0.3, -0.25) is 4.98 Å². The Labute approximate surface area is 205 Å². The summed E-state index contributed by atoms with van der Waals surface area (Å²) in [4.78, 5) is 4.31. The van der Waals surface area contributed by atoms with Crippen LogP contribution in [0.3, 0.4) is 0 Å². The SMILES string of the molecule is C=C(C)C(/C=C\C)=C/C.C=C(C)\C=C(C)/C(=C\C)/C=C(\C)c1cc(C#N)ccn1.CC.CC. The van der Waals surface area contributed by atoms with Crippen LogP contribution in [0.2, 0.25) is 0 Å². The van der Waals surface area contributed by atoms with Gasteiger partial charge in [0.2, 0.25) is 0 Å². The van der Waals surface area contributed by atoms with Crippen molar-refractivity contribution in [3.63, 3.8) is 0 Å².